The van der Waals surface area contributed by atoms with E-state index in [1.54, 1.807) is 47.4 Å². The van der Waals surface area contributed by atoms with E-state index in [1.807, 2.05) is 29.0 Å². The van der Waals surface area contributed by atoms with E-state index in [-0.39, 0.29) is 5.82 Å². The van der Waals surface area contributed by atoms with Crippen LogP contribution in [-0.4, -0.2) is 14.7 Å². The van der Waals surface area contributed by atoms with Crippen LogP contribution in [0.4, 0.5) is 4.39 Å². The summed E-state index contributed by atoms with van der Waals surface area (Å²) in [5.41, 5.74) is 2.76. The van der Waals surface area contributed by atoms with Crippen LogP contribution in [0.25, 0.3) is 5.70 Å². The van der Waals surface area contributed by atoms with Crippen LogP contribution < -0.4 is 5.32 Å². The average Bonchev–Trinajstić information content (AvgIpc) is 3.32. The van der Waals surface area contributed by atoms with E-state index in [0.717, 1.165) is 21.7 Å². The molecule has 1 atom stereocenters. The van der Waals surface area contributed by atoms with E-state index in [4.69, 9.17) is 0 Å². The van der Waals surface area contributed by atoms with E-state index >= 15 is 0 Å². The molecule has 3 aromatic rings. The lowest BCUT2D eigenvalue weighted by molar-refractivity contribution is 0.601. The van der Waals surface area contributed by atoms with Crippen LogP contribution in [0.2, 0.25) is 0 Å². The van der Waals surface area contributed by atoms with E-state index in [9.17, 15) is 12.8 Å². The van der Waals surface area contributed by atoms with Crippen molar-refractivity contribution in [3.05, 3.63) is 93.3 Å². The summed E-state index contributed by atoms with van der Waals surface area (Å²) in [7, 11) is -3.25. The van der Waals surface area contributed by atoms with Gasteiger partial charge in [0.1, 0.15) is 10.7 Å². The summed E-state index contributed by atoms with van der Waals surface area (Å²) in [6.07, 6.45) is 1.20. The molecule has 0 amide bonds. The predicted molar refractivity (Wildman–Crippen MR) is 110 cm³/mol. The fourth-order valence-corrected chi connectivity index (χ4v) is 5.81. The first kappa shape index (κ1) is 18.3. The summed E-state index contributed by atoms with van der Waals surface area (Å²) < 4.78 is 36.8. The Morgan fingerprint density at radius 3 is 2.30 bits per heavy atom. The van der Waals surface area contributed by atoms with Crippen molar-refractivity contribution < 1.29 is 12.8 Å². The molecular weight excluding hydrogens is 401 g/mol. The van der Waals surface area contributed by atoms with Gasteiger partial charge in [0, 0.05) is 16.8 Å². The molecule has 138 valence electrons. The Kier molecular flexibility index (Phi) is 4.61. The molecule has 1 unspecified atom stereocenters. The Labute approximate surface area is 165 Å². The Morgan fingerprint density at radius 1 is 1.00 bits per heavy atom. The van der Waals surface area contributed by atoms with Crippen LogP contribution >= 0.6 is 23.1 Å². The maximum Gasteiger partial charge on any atom is 0.175 e. The van der Waals surface area contributed by atoms with Gasteiger partial charge in [-0.25, -0.2) is 12.8 Å². The maximum atomic E-state index is 13.3. The zero-order valence-electron chi connectivity index (χ0n) is 14.3. The molecule has 1 aliphatic rings. The first-order valence-electron chi connectivity index (χ1n) is 8.15. The molecule has 0 aliphatic carbocycles. The Hall–Kier alpha value is -2.09. The number of thioether (sulfide) groups is 1. The molecule has 7 heteroatoms. The van der Waals surface area contributed by atoms with Gasteiger partial charge >= 0.3 is 0 Å². The lowest BCUT2D eigenvalue weighted by Crippen LogP contribution is -2.35. The SMILES string of the molecule is CS(=O)(=O)c1ccc(C2(c3cccs3)NC(c3ccc(F)cc3)=CS2)cc1. The monoisotopic (exact) mass is 417 g/mol. The smallest absolute Gasteiger partial charge is 0.175 e. The van der Waals surface area contributed by atoms with Crippen molar-refractivity contribution in [3.8, 4) is 0 Å². The standard InChI is InChI=1S/C20H16FNO2S3/c1-27(23,24)17-10-6-15(7-11-17)20(19-3-2-12-25-19)22-18(13-26-20)14-4-8-16(21)9-5-14/h2-13,22H,1H3. The van der Waals surface area contributed by atoms with Crippen molar-refractivity contribution in [1.82, 2.24) is 5.32 Å². The first-order valence-corrected chi connectivity index (χ1v) is 11.8. The molecule has 2 aromatic carbocycles. The van der Waals surface area contributed by atoms with Crippen molar-refractivity contribution in [2.24, 2.45) is 0 Å². The highest BCUT2D eigenvalue weighted by Gasteiger charge is 2.40. The highest BCUT2D eigenvalue weighted by Crippen LogP contribution is 2.49. The summed E-state index contributed by atoms with van der Waals surface area (Å²) in [6, 6.07) is 17.4. The molecule has 27 heavy (non-hydrogen) atoms. The molecule has 0 fully saturated rings. The second-order valence-electron chi connectivity index (χ2n) is 6.24. The number of nitrogens with one attached hydrogen (secondary N) is 1. The second-order valence-corrected chi connectivity index (χ2v) is 10.3. The number of halogens is 1. The lowest BCUT2D eigenvalue weighted by atomic mass is 10.0. The van der Waals surface area contributed by atoms with Crippen LogP contribution in [0.5, 0.6) is 0 Å². The quantitative estimate of drug-likeness (QED) is 0.661. The minimum Gasteiger partial charge on any atom is -0.362 e. The number of benzene rings is 2. The number of rotatable bonds is 4. The topological polar surface area (TPSA) is 46.2 Å². The third kappa shape index (κ3) is 3.42. The minimum absolute atomic E-state index is 0.272. The van der Waals surface area contributed by atoms with Crippen molar-refractivity contribution in [3.63, 3.8) is 0 Å². The first-order chi connectivity index (χ1) is 12.9. The zero-order valence-corrected chi connectivity index (χ0v) is 16.8. The van der Waals surface area contributed by atoms with Crippen LogP contribution in [0.3, 0.4) is 0 Å². The Balaban J connectivity index is 1.74. The summed E-state index contributed by atoms with van der Waals surface area (Å²) in [4.78, 5) is 0.851. The van der Waals surface area contributed by atoms with Gasteiger partial charge < -0.3 is 5.32 Å². The van der Waals surface area contributed by atoms with Crippen molar-refractivity contribution in [2.45, 2.75) is 9.77 Å². The van der Waals surface area contributed by atoms with Crippen LogP contribution in [0, 0.1) is 5.82 Å². The molecule has 3 nitrogen and oxygen atoms in total. The molecule has 1 aliphatic heterocycles. The highest BCUT2D eigenvalue weighted by atomic mass is 32.2. The molecule has 0 saturated heterocycles. The summed E-state index contributed by atoms with van der Waals surface area (Å²) in [5, 5.41) is 7.62. The second kappa shape index (κ2) is 6.82. The Morgan fingerprint density at radius 2 is 1.70 bits per heavy atom. The minimum atomic E-state index is -3.25. The van der Waals surface area contributed by atoms with Gasteiger partial charge in [-0.3, -0.25) is 0 Å². The molecule has 1 aromatic heterocycles. The van der Waals surface area contributed by atoms with Gasteiger partial charge in [-0.2, -0.15) is 0 Å². The van der Waals surface area contributed by atoms with Crippen molar-refractivity contribution in [1.29, 1.82) is 0 Å². The summed E-state index contributed by atoms with van der Waals surface area (Å²) in [6.45, 7) is 0. The maximum absolute atomic E-state index is 13.3. The highest BCUT2D eigenvalue weighted by molar-refractivity contribution is 8.03. The number of hydrogen-bond donors (Lipinski definition) is 1. The molecule has 2 heterocycles. The van der Waals surface area contributed by atoms with Gasteiger partial charge in [0.2, 0.25) is 0 Å². The molecule has 1 N–H and O–H groups in total. The normalized spacial score (nSPS) is 19.6. The van der Waals surface area contributed by atoms with Gasteiger partial charge in [0.25, 0.3) is 0 Å². The number of hydrogen-bond acceptors (Lipinski definition) is 5. The van der Waals surface area contributed by atoms with Gasteiger partial charge in [-0.15, -0.1) is 11.3 Å². The molecule has 0 spiro atoms. The summed E-state index contributed by atoms with van der Waals surface area (Å²) in [5.74, 6) is -0.272. The van der Waals surface area contributed by atoms with Crippen LogP contribution in [0.1, 0.15) is 16.0 Å². The van der Waals surface area contributed by atoms with E-state index < -0.39 is 14.7 Å². The third-order valence-electron chi connectivity index (χ3n) is 4.38. The fourth-order valence-electron chi connectivity index (χ4n) is 2.98. The molecule has 0 radical (unpaired) electrons. The van der Waals surface area contributed by atoms with Gasteiger partial charge in [-0.05, 0) is 64.4 Å². The molecule has 0 bridgehead atoms. The average molecular weight is 418 g/mol. The van der Waals surface area contributed by atoms with Crippen molar-refractivity contribution >= 4 is 38.6 Å². The van der Waals surface area contributed by atoms with E-state index in [2.05, 4.69) is 11.4 Å². The largest absolute Gasteiger partial charge is 0.362 e. The van der Waals surface area contributed by atoms with Crippen LogP contribution in [0.15, 0.2) is 76.3 Å². The predicted octanol–water partition coefficient (Wildman–Crippen LogP) is 4.83. The zero-order chi connectivity index (χ0) is 19.1. The Bertz CT molecular complexity index is 1090. The molecule has 0 saturated carbocycles. The van der Waals surface area contributed by atoms with E-state index in [0.29, 0.717) is 4.90 Å². The van der Waals surface area contributed by atoms with Gasteiger partial charge in [-0.1, -0.05) is 30.0 Å². The summed E-state index contributed by atoms with van der Waals surface area (Å²) >= 11 is 3.24. The number of thiophene rings is 1. The van der Waals surface area contributed by atoms with Crippen molar-refractivity contribution in [2.75, 3.05) is 6.26 Å². The molecule has 4 rings (SSSR count). The van der Waals surface area contributed by atoms with E-state index in [1.165, 1.54) is 18.4 Å². The van der Waals surface area contributed by atoms with Gasteiger partial charge in [0.05, 0.1) is 4.90 Å². The van der Waals surface area contributed by atoms with Gasteiger partial charge in [0.15, 0.2) is 9.84 Å². The van der Waals surface area contributed by atoms with Crippen LogP contribution in [-0.2, 0) is 14.7 Å². The third-order valence-corrected chi connectivity index (χ3v) is 7.89. The number of sulfone groups is 1. The lowest BCUT2D eigenvalue weighted by Gasteiger charge is -2.30. The fraction of sp³-hybridized carbons (Fsp3) is 0.100. The molecular formula is C20H16FNO2S3.